The molecule has 0 saturated heterocycles. The molecule has 0 unspecified atom stereocenters. The number of halogens is 5. The molecular formula is C17H13F5N4OS. The topological polar surface area (TPSA) is 52.8 Å². The highest BCUT2D eigenvalue weighted by Gasteiger charge is 2.31. The number of ether oxygens (including phenoxy) is 1. The zero-order valence-corrected chi connectivity index (χ0v) is 14.9. The van der Waals surface area contributed by atoms with Crippen LogP contribution in [0, 0.1) is 0 Å². The van der Waals surface area contributed by atoms with Crippen molar-refractivity contribution in [2.75, 3.05) is 0 Å². The maximum absolute atomic E-state index is 13.0. The standard InChI is InChI=1S/C17H13F5N4OS/c18-15(19)27-13-3-1-2-11(8-13)9-28-16-25-24-14(12-4-6-23-7-5-12)26(16)10-17(20,21)22/h1-8,15H,9-10H2. The lowest BCUT2D eigenvalue weighted by Crippen LogP contribution is -2.19. The van der Waals surface area contributed by atoms with Gasteiger partial charge in [0.15, 0.2) is 11.0 Å². The summed E-state index contributed by atoms with van der Waals surface area (Å²) in [5, 5.41) is 7.81. The molecule has 0 aliphatic rings. The molecule has 0 fully saturated rings. The van der Waals surface area contributed by atoms with E-state index in [9.17, 15) is 22.0 Å². The van der Waals surface area contributed by atoms with E-state index in [1.165, 1.54) is 42.7 Å². The van der Waals surface area contributed by atoms with Gasteiger partial charge in [-0.2, -0.15) is 22.0 Å². The summed E-state index contributed by atoms with van der Waals surface area (Å²) in [6, 6.07) is 9.02. The SMILES string of the molecule is FC(F)Oc1cccc(CSc2nnc(-c3ccncc3)n2CC(F)(F)F)c1. The predicted octanol–water partition coefficient (Wildman–Crippen LogP) is 4.80. The molecule has 3 aromatic rings. The molecule has 148 valence electrons. The third kappa shape index (κ3) is 5.41. The van der Waals surface area contributed by atoms with Crippen molar-refractivity contribution >= 4 is 11.8 Å². The Hall–Kier alpha value is -2.69. The van der Waals surface area contributed by atoms with Crippen LogP contribution in [0.2, 0.25) is 0 Å². The first kappa shape index (κ1) is 20.1. The van der Waals surface area contributed by atoms with Gasteiger partial charge in [0.2, 0.25) is 0 Å². The molecule has 0 saturated carbocycles. The quantitative estimate of drug-likeness (QED) is 0.409. The Morgan fingerprint density at radius 1 is 1.07 bits per heavy atom. The molecule has 0 bridgehead atoms. The van der Waals surface area contributed by atoms with Crippen molar-refractivity contribution in [2.24, 2.45) is 0 Å². The van der Waals surface area contributed by atoms with Gasteiger partial charge >= 0.3 is 12.8 Å². The van der Waals surface area contributed by atoms with E-state index in [4.69, 9.17) is 0 Å². The number of rotatable bonds is 7. The summed E-state index contributed by atoms with van der Waals surface area (Å²) >= 11 is 1.01. The number of pyridine rings is 1. The first-order valence-electron chi connectivity index (χ1n) is 7.89. The Morgan fingerprint density at radius 3 is 2.50 bits per heavy atom. The summed E-state index contributed by atoms with van der Waals surface area (Å²) < 4.78 is 69.1. The molecule has 2 aromatic heterocycles. The third-order valence-corrected chi connectivity index (χ3v) is 4.52. The first-order chi connectivity index (χ1) is 13.3. The average molecular weight is 416 g/mol. The molecule has 0 amide bonds. The van der Waals surface area contributed by atoms with Crippen molar-refractivity contribution in [3.05, 3.63) is 54.4 Å². The Balaban J connectivity index is 1.83. The van der Waals surface area contributed by atoms with Crippen molar-refractivity contribution in [1.29, 1.82) is 0 Å². The van der Waals surface area contributed by atoms with Crippen LogP contribution in [-0.2, 0) is 12.3 Å². The minimum atomic E-state index is -4.47. The average Bonchev–Trinajstić information content (AvgIpc) is 3.01. The molecule has 5 nitrogen and oxygen atoms in total. The number of hydrogen-bond acceptors (Lipinski definition) is 5. The highest BCUT2D eigenvalue weighted by atomic mass is 32.2. The fraction of sp³-hybridized carbons (Fsp3) is 0.235. The van der Waals surface area contributed by atoms with Gasteiger partial charge in [-0.05, 0) is 29.8 Å². The predicted molar refractivity (Wildman–Crippen MR) is 91.9 cm³/mol. The van der Waals surface area contributed by atoms with E-state index < -0.39 is 19.3 Å². The lowest BCUT2D eigenvalue weighted by Gasteiger charge is -2.12. The second-order valence-electron chi connectivity index (χ2n) is 5.56. The molecule has 1 aromatic carbocycles. The normalized spacial score (nSPS) is 11.8. The monoisotopic (exact) mass is 416 g/mol. The molecule has 0 radical (unpaired) electrons. The second kappa shape index (κ2) is 8.55. The molecule has 0 spiro atoms. The van der Waals surface area contributed by atoms with Gasteiger partial charge in [0.25, 0.3) is 0 Å². The first-order valence-corrected chi connectivity index (χ1v) is 8.87. The largest absolute Gasteiger partial charge is 0.435 e. The van der Waals surface area contributed by atoms with Crippen molar-refractivity contribution in [3.8, 4) is 17.1 Å². The molecular weight excluding hydrogens is 403 g/mol. The van der Waals surface area contributed by atoms with E-state index in [2.05, 4.69) is 19.9 Å². The smallest absolute Gasteiger partial charge is 0.406 e. The number of hydrogen-bond donors (Lipinski definition) is 0. The lowest BCUT2D eigenvalue weighted by atomic mass is 10.2. The molecule has 0 aliphatic carbocycles. The Morgan fingerprint density at radius 2 is 1.82 bits per heavy atom. The summed E-state index contributed by atoms with van der Waals surface area (Å²) in [6.45, 7) is -4.21. The molecule has 28 heavy (non-hydrogen) atoms. The summed E-state index contributed by atoms with van der Waals surface area (Å²) in [5.41, 5.74) is 1.04. The van der Waals surface area contributed by atoms with Crippen LogP contribution in [0.5, 0.6) is 5.75 Å². The van der Waals surface area contributed by atoms with Gasteiger partial charge < -0.3 is 4.74 Å². The minimum Gasteiger partial charge on any atom is -0.435 e. The number of thioether (sulfide) groups is 1. The Labute approximate surface area is 160 Å². The summed E-state index contributed by atoms with van der Waals surface area (Å²) in [7, 11) is 0. The van der Waals surface area contributed by atoms with E-state index in [1.807, 2.05) is 0 Å². The highest BCUT2D eigenvalue weighted by Crippen LogP contribution is 2.30. The molecule has 0 N–H and O–H groups in total. The van der Waals surface area contributed by atoms with Crippen LogP contribution in [0.1, 0.15) is 5.56 Å². The maximum Gasteiger partial charge on any atom is 0.406 e. The number of alkyl halides is 5. The molecule has 3 rings (SSSR count). The van der Waals surface area contributed by atoms with Crippen LogP contribution < -0.4 is 4.74 Å². The molecule has 11 heteroatoms. The van der Waals surface area contributed by atoms with Crippen molar-refractivity contribution < 1.29 is 26.7 Å². The fourth-order valence-electron chi connectivity index (χ4n) is 2.39. The van der Waals surface area contributed by atoms with Crippen LogP contribution in [0.15, 0.2) is 53.9 Å². The minimum absolute atomic E-state index is 0.0256. The van der Waals surface area contributed by atoms with E-state index >= 15 is 0 Å². The van der Waals surface area contributed by atoms with E-state index in [1.54, 1.807) is 6.07 Å². The molecule has 0 aliphatic heterocycles. The van der Waals surface area contributed by atoms with Gasteiger partial charge in [-0.1, -0.05) is 23.9 Å². The maximum atomic E-state index is 13.0. The van der Waals surface area contributed by atoms with E-state index in [0.717, 1.165) is 16.3 Å². The zero-order chi connectivity index (χ0) is 20.1. The lowest BCUT2D eigenvalue weighted by molar-refractivity contribution is -0.141. The van der Waals surface area contributed by atoms with Crippen molar-refractivity contribution in [1.82, 2.24) is 19.7 Å². The number of nitrogens with zero attached hydrogens (tertiary/aromatic N) is 4. The van der Waals surface area contributed by atoms with E-state index in [0.29, 0.717) is 11.1 Å². The Kier molecular flexibility index (Phi) is 6.12. The van der Waals surface area contributed by atoms with Crippen LogP contribution in [-0.4, -0.2) is 32.5 Å². The van der Waals surface area contributed by atoms with Gasteiger partial charge in [0, 0.05) is 23.7 Å². The van der Waals surface area contributed by atoms with Crippen LogP contribution in [0.25, 0.3) is 11.4 Å². The fourth-order valence-corrected chi connectivity index (χ4v) is 3.27. The zero-order valence-electron chi connectivity index (χ0n) is 14.1. The summed E-state index contributed by atoms with van der Waals surface area (Å²) in [4.78, 5) is 3.84. The summed E-state index contributed by atoms with van der Waals surface area (Å²) in [5.74, 6) is 0.242. The van der Waals surface area contributed by atoms with Crippen LogP contribution in [0.3, 0.4) is 0 Å². The summed E-state index contributed by atoms with van der Waals surface area (Å²) in [6.07, 6.45) is -1.57. The third-order valence-electron chi connectivity index (χ3n) is 3.48. The van der Waals surface area contributed by atoms with Crippen molar-refractivity contribution in [2.45, 2.75) is 30.2 Å². The van der Waals surface area contributed by atoms with Gasteiger partial charge in [-0.15, -0.1) is 10.2 Å². The second-order valence-corrected chi connectivity index (χ2v) is 6.50. The number of aromatic nitrogens is 4. The van der Waals surface area contributed by atoms with Crippen LogP contribution >= 0.6 is 11.8 Å². The highest BCUT2D eigenvalue weighted by molar-refractivity contribution is 7.98. The molecule has 0 atom stereocenters. The van der Waals surface area contributed by atoms with Gasteiger partial charge in [-0.3, -0.25) is 9.55 Å². The Bertz CT molecular complexity index is 917. The van der Waals surface area contributed by atoms with Gasteiger partial charge in [0.05, 0.1) is 0 Å². The van der Waals surface area contributed by atoms with Gasteiger partial charge in [-0.25, -0.2) is 0 Å². The van der Waals surface area contributed by atoms with Crippen molar-refractivity contribution in [3.63, 3.8) is 0 Å². The molecule has 2 heterocycles. The number of benzene rings is 1. The van der Waals surface area contributed by atoms with E-state index in [-0.39, 0.29) is 22.5 Å². The van der Waals surface area contributed by atoms with Crippen LogP contribution in [0.4, 0.5) is 22.0 Å². The van der Waals surface area contributed by atoms with Gasteiger partial charge in [0.1, 0.15) is 12.3 Å².